The number of aliphatic hydroxyl groups excluding tert-OH is 1. The van der Waals surface area contributed by atoms with Gasteiger partial charge in [-0.1, -0.05) is 18.2 Å². The Balaban J connectivity index is 1.59. The van der Waals surface area contributed by atoms with Crippen LogP contribution in [0.4, 0.5) is 11.4 Å². The topological polar surface area (TPSA) is 41.5 Å². The molecule has 0 saturated heterocycles. The van der Waals surface area contributed by atoms with Crippen molar-refractivity contribution in [3.63, 3.8) is 0 Å². The molecule has 0 radical (unpaired) electrons. The van der Waals surface area contributed by atoms with E-state index in [1.807, 2.05) is 54.6 Å². The van der Waals surface area contributed by atoms with Gasteiger partial charge in [-0.25, -0.2) is 0 Å². The normalized spacial score (nSPS) is 21.8. The van der Waals surface area contributed by atoms with E-state index < -0.39 is 0 Å². The minimum atomic E-state index is -0.206. The van der Waals surface area contributed by atoms with Gasteiger partial charge < -0.3 is 15.2 Å². The van der Waals surface area contributed by atoms with Gasteiger partial charge in [0, 0.05) is 17.8 Å². The van der Waals surface area contributed by atoms with Gasteiger partial charge in [0.1, 0.15) is 11.9 Å². The summed E-state index contributed by atoms with van der Waals surface area (Å²) in [7, 11) is 0. The van der Waals surface area contributed by atoms with Gasteiger partial charge >= 0.3 is 0 Å². The van der Waals surface area contributed by atoms with Crippen LogP contribution in [-0.4, -0.2) is 17.3 Å². The number of aliphatic hydroxyl groups is 1. The lowest BCUT2D eigenvalue weighted by Crippen LogP contribution is -2.28. The smallest absolute Gasteiger partial charge is 0.119 e. The highest BCUT2D eigenvalue weighted by atomic mass is 16.5. The first-order chi connectivity index (χ1) is 10.3. The van der Waals surface area contributed by atoms with Crippen molar-refractivity contribution in [1.29, 1.82) is 0 Å². The second kappa shape index (κ2) is 6.64. The molecular weight excluding hydrogens is 262 g/mol. The minimum absolute atomic E-state index is 0.140. The molecule has 21 heavy (non-hydrogen) atoms. The molecule has 2 unspecified atom stereocenters. The Morgan fingerprint density at radius 3 is 2.33 bits per heavy atom. The molecule has 2 aromatic rings. The van der Waals surface area contributed by atoms with Crippen LogP contribution in [0.1, 0.15) is 25.7 Å². The Morgan fingerprint density at radius 1 is 0.905 bits per heavy atom. The average molecular weight is 283 g/mol. The minimum Gasteiger partial charge on any atom is -0.490 e. The van der Waals surface area contributed by atoms with Crippen LogP contribution in [-0.2, 0) is 0 Å². The summed E-state index contributed by atoms with van der Waals surface area (Å²) in [5, 5.41) is 13.0. The highest BCUT2D eigenvalue weighted by Crippen LogP contribution is 2.25. The summed E-state index contributed by atoms with van der Waals surface area (Å²) in [5.74, 6) is 0.868. The number of ether oxygens (including phenoxy) is 1. The lowest BCUT2D eigenvalue weighted by molar-refractivity contribution is 0.0536. The fraction of sp³-hybridized carbons (Fsp3) is 0.333. The molecule has 0 spiro atoms. The standard InChI is InChI=1S/C18H21NO2/c20-16-7-4-8-18(13-16)21-17-11-9-15(10-12-17)19-14-5-2-1-3-6-14/h1-3,5-6,9-12,16,18-20H,4,7-8,13H2. The Morgan fingerprint density at radius 2 is 1.62 bits per heavy atom. The van der Waals surface area contributed by atoms with E-state index in [0.29, 0.717) is 0 Å². The molecule has 3 heteroatoms. The molecule has 1 aliphatic rings. The van der Waals surface area contributed by atoms with Crippen molar-refractivity contribution >= 4 is 11.4 Å². The van der Waals surface area contributed by atoms with Gasteiger partial charge in [-0.2, -0.15) is 0 Å². The molecule has 0 amide bonds. The van der Waals surface area contributed by atoms with Crippen LogP contribution in [0.3, 0.4) is 0 Å². The van der Waals surface area contributed by atoms with Crippen LogP contribution < -0.4 is 10.1 Å². The van der Waals surface area contributed by atoms with Crippen molar-refractivity contribution < 1.29 is 9.84 Å². The molecule has 3 rings (SSSR count). The molecular formula is C18H21NO2. The van der Waals surface area contributed by atoms with Gasteiger partial charge in [0.05, 0.1) is 6.10 Å². The average Bonchev–Trinajstić information content (AvgIpc) is 2.50. The van der Waals surface area contributed by atoms with E-state index in [4.69, 9.17) is 4.74 Å². The fourth-order valence-corrected chi connectivity index (χ4v) is 2.72. The van der Waals surface area contributed by atoms with E-state index in [1.165, 1.54) is 0 Å². The number of nitrogens with one attached hydrogen (secondary N) is 1. The Kier molecular flexibility index (Phi) is 4.41. The van der Waals surface area contributed by atoms with Gasteiger partial charge in [-0.3, -0.25) is 0 Å². The maximum Gasteiger partial charge on any atom is 0.119 e. The summed E-state index contributed by atoms with van der Waals surface area (Å²) >= 11 is 0. The van der Waals surface area contributed by atoms with Crippen LogP contribution in [0, 0.1) is 0 Å². The SMILES string of the molecule is OC1CCCC(Oc2ccc(Nc3ccccc3)cc2)C1. The van der Waals surface area contributed by atoms with Crippen LogP contribution >= 0.6 is 0 Å². The number of benzene rings is 2. The number of hydrogen-bond donors (Lipinski definition) is 2. The van der Waals surface area contributed by atoms with Crippen LogP contribution in [0.15, 0.2) is 54.6 Å². The Hall–Kier alpha value is -2.00. The molecule has 2 atom stereocenters. The quantitative estimate of drug-likeness (QED) is 0.887. The van der Waals surface area contributed by atoms with Gasteiger partial charge in [-0.05, 0) is 55.7 Å². The molecule has 2 aromatic carbocycles. The van der Waals surface area contributed by atoms with Crippen LogP contribution in [0.25, 0.3) is 0 Å². The molecule has 1 saturated carbocycles. The first-order valence-corrected chi connectivity index (χ1v) is 7.56. The van der Waals surface area contributed by atoms with E-state index in [2.05, 4.69) is 5.32 Å². The maximum atomic E-state index is 9.68. The lowest BCUT2D eigenvalue weighted by atomic mass is 9.95. The van der Waals surface area contributed by atoms with Crippen LogP contribution in [0.5, 0.6) is 5.75 Å². The summed E-state index contributed by atoms with van der Waals surface area (Å²) in [6, 6.07) is 18.1. The number of rotatable bonds is 4. The number of anilines is 2. The zero-order valence-corrected chi connectivity index (χ0v) is 12.0. The third kappa shape index (κ3) is 3.99. The zero-order chi connectivity index (χ0) is 14.5. The summed E-state index contributed by atoms with van der Waals surface area (Å²) in [4.78, 5) is 0. The van der Waals surface area contributed by atoms with Crippen molar-refractivity contribution in [3.05, 3.63) is 54.6 Å². The molecule has 2 N–H and O–H groups in total. The van der Waals surface area contributed by atoms with E-state index in [-0.39, 0.29) is 12.2 Å². The fourth-order valence-electron chi connectivity index (χ4n) is 2.72. The maximum absolute atomic E-state index is 9.68. The second-order valence-corrected chi connectivity index (χ2v) is 5.58. The lowest BCUT2D eigenvalue weighted by Gasteiger charge is -2.26. The van der Waals surface area contributed by atoms with Gasteiger partial charge in [-0.15, -0.1) is 0 Å². The molecule has 0 aromatic heterocycles. The van der Waals surface area contributed by atoms with Gasteiger partial charge in [0.25, 0.3) is 0 Å². The predicted octanol–water partition coefficient (Wildman–Crippen LogP) is 4.11. The van der Waals surface area contributed by atoms with E-state index >= 15 is 0 Å². The summed E-state index contributed by atoms with van der Waals surface area (Å²) in [6.07, 6.45) is 3.65. The first-order valence-electron chi connectivity index (χ1n) is 7.56. The predicted molar refractivity (Wildman–Crippen MR) is 85.1 cm³/mol. The van der Waals surface area contributed by atoms with Crippen LogP contribution in [0.2, 0.25) is 0 Å². The molecule has 0 heterocycles. The van der Waals surface area contributed by atoms with Gasteiger partial charge in [0.2, 0.25) is 0 Å². The third-order valence-corrected chi connectivity index (χ3v) is 3.82. The van der Waals surface area contributed by atoms with Crippen molar-refractivity contribution in [1.82, 2.24) is 0 Å². The molecule has 1 fully saturated rings. The van der Waals surface area contributed by atoms with Crippen molar-refractivity contribution in [2.45, 2.75) is 37.9 Å². The third-order valence-electron chi connectivity index (χ3n) is 3.82. The Bertz CT molecular complexity index is 553. The van der Waals surface area contributed by atoms with E-state index in [1.54, 1.807) is 0 Å². The van der Waals surface area contributed by atoms with E-state index in [9.17, 15) is 5.11 Å². The summed E-state index contributed by atoms with van der Waals surface area (Å²) < 4.78 is 5.94. The molecule has 0 aliphatic heterocycles. The summed E-state index contributed by atoms with van der Waals surface area (Å²) in [6.45, 7) is 0. The van der Waals surface area contributed by atoms with Crippen molar-refractivity contribution in [2.75, 3.05) is 5.32 Å². The number of hydrogen-bond acceptors (Lipinski definition) is 3. The molecule has 3 nitrogen and oxygen atoms in total. The molecule has 0 bridgehead atoms. The molecule has 1 aliphatic carbocycles. The first kappa shape index (κ1) is 14.0. The van der Waals surface area contributed by atoms with E-state index in [0.717, 1.165) is 42.8 Å². The van der Waals surface area contributed by atoms with Gasteiger partial charge in [0.15, 0.2) is 0 Å². The largest absolute Gasteiger partial charge is 0.490 e. The molecule has 110 valence electrons. The Labute approximate surface area is 125 Å². The second-order valence-electron chi connectivity index (χ2n) is 5.58. The van der Waals surface area contributed by atoms with Crippen molar-refractivity contribution in [2.24, 2.45) is 0 Å². The monoisotopic (exact) mass is 283 g/mol. The number of para-hydroxylation sites is 1. The van der Waals surface area contributed by atoms with Crippen molar-refractivity contribution in [3.8, 4) is 5.75 Å². The summed E-state index contributed by atoms with van der Waals surface area (Å²) in [5.41, 5.74) is 2.11. The highest BCUT2D eigenvalue weighted by molar-refractivity contribution is 5.59. The highest BCUT2D eigenvalue weighted by Gasteiger charge is 2.21. The zero-order valence-electron chi connectivity index (χ0n) is 12.0.